The molecular formula is C15H15BrN2O2. The van der Waals surface area contributed by atoms with Crippen LogP contribution in [0.2, 0.25) is 0 Å². The minimum atomic E-state index is -0.313. The zero-order valence-corrected chi connectivity index (χ0v) is 12.4. The number of nitrogens with two attached hydrogens (primary N) is 1. The largest absolute Gasteiger partial charge is 0.372 e. The van der Waals surface area contributed by atoms with Gasteiger partial charge in [0.2, 0.25) is 0 Å². The van der Waals surface area contributed by atoms with Gasteiger partial charge >= 0.3 is 0 Å². The molecule has 0 fully saturated rings. The zero-order chi connectivity index (χ0) is 14.4. The maximum atomic E-state index is 11.6. The van der Waals surface area contributed by atoms with Crippen molar-refractivity contribution in [1.29, 1.82) is 0 Å². The monoisotopic (exact) mass is 334 g/mol. The van der Waals surface area contributed by atoms with Crippen molar-refractivity contribution in [3.63, 3.8) is 0 Å². The molecule has 104 valence electrons. The number of nitrogen functional groups attached to an aromatic ring is 1. The smallest absolute Gasteiger partial charge is 0.265 e. The van der Waals surface area contributed by atoms with E-state index in [0.29, 0.717) is 18.8 Å². The Balaban J connectivity index is 1.99. The highest BCUT2D eigenvalue weighted by Gasteiger charge is 2.09. The van der Waals surface area contributed by atoms with E-state index in [2.05, 4.69) is 21.4 Å². The molecular weight excluding hydrogens is 320 g/mol. The summed E-state index contributed by atoms with van der Waals surface area (Å²) in [5.41, 5.74) is 4.55. The molecule has 0 saturated heterocycles. The molecule has 0 aliphatic rings. The van der Waals surface area contributed by atoms with Gasteiger partial charge in [0.15, 0.2) is 0 Å². The summed E-state index contributed by atoms with van der Waals surface area (Å²) in [7, 11) is 0. The Bertz CT molecular complexity index is 602. The summed E-state index contributed by atoms with van der Waals surface area (Å²) in [4.78, 5) is 11.6. The molecule has 3 N–H and O–H groups in total. The molecule has 5 heteroatoms. The van der Waals surface area contributed by atoms with Crippen molar-refractivity contribution in [3.05, 3.63) is 69.7 Å². The van der Waals surface area contributed by atoms with Gasteiger partial charge in [0.1, 0.15) is 0 Å². The topological polar surface area (TPSA) is 64.3 Å². The number of rotatable bonds is 5. The number of amides is 1. The second-order valence-electron chi connectivity index (χ2n) is 4.25. The van der Waals surface area contributed by atoms with E-state index in [4.69, 9.17) is 10.6 Å². The minimum absolute atomic E-state index is 0.313. The van der Waals surface area contributed by atoms with Crippen LogP contribution in [-0.2, 0) is 18.0 Å². The molecule has 0 atom stereocenters. The normalized spacial score (nSPS) is 10.3. The van der Waals surface area contributed by atoms with Crippen molar-refractivity contribution >= 4 is 21.8 Å². The van der Waals surface area contributed by atoms with E-state index in [1.165, 1.54) is 0 Å². The number of carbonyl (C=O) groups excluding carboxylic acids is 1. The van der Waals surface area contributed by atoms with Gasteiger partial charge in [-0.3, -0.25) is 10.2 Å². The Kier molecular flexibility index (Phi) is 5.29. The maximum Gasteiger partial charge on any atom is 0.265 e. The summed E-state index contributed by atoms with van der Waals surface area (Å²) in [6.07, 6.45) is 0. The van der Waals surface area contributed by atoms with E-state index in [1.807, 2.05) is 36.4 Å². The number of nitrogens with one attached hydrogen (secondary N) is 1. The summed E-state index contributed by atoms with van der Waals surface area (Å²) in [5, 5.41) is 0. The van der Waals surface area contributed by atoms with Crippen LogP contribution in [0.25, 0.3) is 0 Å². The molecule has 0 spiro atoms. The fourth-order valence-corrected chi connectivity index (χ4v) is 2.30. The van der Waals surface area contributed by atoms with E-state index < -0.39 is 0 Å². The zero-order valence-electron chi connectivity index (χ0n) is 10.8. The molecule has 2 aromatic carbocycles. The molecule has 0 saturated carbocycles. The first-order valence-corrected chi connectivity index (χ1v) is 6.91. The van der Waals surface area contributed by atoms with Crippen LogP contribution in [0.1, 0.15) is 21.5 Å². The van der Waals surface area contributed by atoms with Crippen LogP contribution in [-0.4, -0.2) is 5.91 Å². The number of hydrazine groups is 1. The number of ether oxygens (including phenoxy) is 1. The van der Waals surface area contributed by atoms with Gasteiger partial charge in [-0.25, -0.2) is 5.84 Å². The van der Waals surface area contributed by atoms with Crippen LogP contribution < -0.4 is 11.3 Å². The van der Waals surface area contributed by atoms with Crippen LogP contribution in [0.15, 0.2) is 53.0 Å². The lowest BCUT2D eigenvalue weighted by atomic mass is 10.1. The summed E-state index contributed by atoms with van der Waals surface area (Å²) < 4.78 is 6.67. The van der Waals surface area contributed by atoms with Crippen LogP contribution in [0, 0.1) is 0 Å². The van der Waals surface area contributed by atoms with Gasteiger partial charge in [0, 0.05) is 10.0 Å². The van der Waals surface area contributed by atoms with Gasteiger partial charge in [-0.1, -0.05) is 46.3 Å². The maximum absolute atomic E-state index is 11.6. The van der Waals surface area contributed by atoms with Crippen molar-refractivity contribution in [2.45, 2.75) is 13.2 Å². The Labute approximate surface area is 126 Å². The van der Waals surface area contributed by atoms with E-state index in [0.717, 1.165) is 15.6 Å². The molecule has 0 unspecified atom stereocenters. The molecule has 1 amide bonds. The number of benzene rings is 2. The summed E-state index contributed by atoms with van der Waals surface area (Å²) in [5.74, 6) is 4.85. The molecule has 0 bridgehead atoms. The van der Waals surface area contributed by atoms with Gasteiger partial charge in [-0.2, -0.15) is 0 Å². The quantitative estimate of drug-likeness (QED) is 0.502. The molecule has 2 rings (SSSR count). The molecule has 4 nitrogen and oxygen atoms in total. The van der Waals surface area contributed by atoms with E-state index in [9.17, 15) is 4.79 Å². The van der Waals surface area contributed by atoms with Gasteiger partial charge in [0.25, 0.3) is 5.91 Å². The third-order valence-electron chi connectivity index (χ3n) is 2.81. The number of hydrogen-bond acceptors (Lipinski definition) is 3. The summed E-state index contributed by atoms with van der Waals surface area (Å²) in [6, 6.07) is 15.1. The molecule has 0 radical (unpaired) electrons. The minimum Gasteiger partial charge on any atom is -0.372 e. The molecule has 0 aliphatic heterocycles. The van der Waals surface area contributed by atoms with Crippen molar-refractivity contribution in [3.8, 4) is 0 Å². The standard InChI is InChI=1S/C15H15BrN2O2/c16-13-6-3-4-11(8-13)9-20-10-12-5-1-2-7-14(12)15(19)18-17/h1-8H,9-10,17H2,(H,18,19). The molecule has 0 aliphatic carbocycles. The summed E-state index contributed by atoms with van der Waals surface area (Å²) in [6.45, 7) is 0.841. The Morgan fingerprint density at radius 2 is 1.95 bits per heavy atom. The Morgan fingerprint density at radius 3 is 2.70 bits per heavy atom. The molecule has 2 aromatic rings. The van der Waals surface area contributed by atoms with Gasteiger partial charge < -0.3 is 4.74 Å². The van der Waals surface area contributed by atoms with E-state index in [-0.39, 0.29) is 5.91 Å². The lowest BCUT2D eigenvalue weighted by Crippen LogP contribution is -2.30. The van der Waals surface area contributed by atoms with E-state index in [1.54, 1.807) is 12.1 Å². The predicted molar refractivity (Wildman–Crippen MR) is 80.7 cm³/mol. The second kappa shape index (κ2) is 7.19. The van der Waals surface area contributed by atoms with Gasteiger partial charge in [-0.05, 0) is 29.3 Å². The van der Waals surface area contributed by atoms with Crippen LogP contribution in [0.4, 0.5) is 0 Å². The number of halogens is 1. The third-order valence-corrected chi connectivity index (χ3v) is 3.30. The Morgan fingerprint density at radius 1 is 1.15 bits per heavy atom. The van der Waals surface area contributed by atoms with Crippen LogP contribution in [0.5, 0.6) is 0 Å². The van der Waals surface area contributed by atoms with Crippen LogP contribution >= 0.6 is 15.9 Å². The van der Waals surface area contributed by atoms with Crippen molar-refractivity contribution in [2.75, 3.05) is 0 Å². The fourth-order valence-electron chi connectivity index (χ4n) is 1.85. The summed E-state index contributed by atoms with van der Waals surface area (Å²) >= 11 is 3.42. The molecule has 0 heterocycles. The predicted octanol–water partition coefficient (Wildman–Crippen LogP) is 2.77. The first-order valence-electron chi connectivity index (χ1n) is 6.11. The highest BCUT2D eigenvalue weighted by atomic mass is 79.9. The fraction of sp³-hybridized carbons (Fsp3) is 0.133. The van der Waals surface area contributed by atoms with Crippen molar-refractivity contribution < 1.29 is 9.53 Å². The lowest BCUT2D eigenvalue weighted by molar-refractivity contribution is 0.0927. The SMILES string of the molecule is NNC(=O)c1ccccc1COCc1cccc(Br)c1. The molecule has 20 heavy (non-hydrogen) atoms. The van der Waals surface area contributed by atoms with Gasteiger partial charge in [0.05, 0.1) is 13.2 Å². The second-order valence-corrected chi connectivity index (χ2v) is 5.17. The highest BCUT2D eigenvalue weighted by Crippen LogP contribution is 2.14. The van der Waals surface area contributed by atoms with Crippen LogP contribution in [0.3, 0.4) is 0 Å². The van der Waals surface area contributed by atoms with Crippen molar-refractivity contribution in [2.24, 2.45) is 5.84 Å². The molecule has 0 aromatic heterocycles. The first-order chi connectivity index (χ1) is 9.70. The van der Waals surface area contributed by atoms with Crippen molar-refractivity contribution in [1.82, 2.24) is 5.43 Å². The van der Waals surface area contributed by atoms with E-state index >= 15 is 0 Å². The number of hydrogen-bond donors (Lipinski definition) is 2. The number of carbonyl (C=O) groups is 1. The first kappa shape index (κ1) is 14.7. The Hall–Kier alpha value is -1.69. The average Bonchev–Trinajstić information content (AvgIpc) is 2.47. The average molecular weight is 335 g/mol. The lowest BCUT2D eigenvalue weighted by Gasteiger charge is -2.09. The highest BCUT2D eigenvalue weighted by molar-refractivity contribution is 9.10. The van der Waals surface area contributed by atoms with Gasteiger partial charge in [-0.15, -0.1) is 0 Å². The third kappa shape index (κ3) is 3.90.